The first kappa shape index (κ1) is 12.6. The Morgan fingerprint density at radius 1 is 1.32 bits per heavy atom. The molecule has 3 nitrogen and oxygen atoms in total. The summed E-state index contributed by atoms with van der Waals surface area (Å²) in [7, 11) is 0.786. The largest absolute Gasteiger partial charge is 0.328 e. The van der Waals surface area contributed by atoms with Crippen LogP contribution in [0.3, 0.4) is 0 Å². The fourth-order valence-corrected chi connectivity index (χ4v) is 3.55. The summed E-state index contributed by atoms with van der Waals surface area (Å²) in [6.45, 7) is 0.289. The van der Waals surface area contributed by atoms with Crippen LogP contribution in [0.2, 0.25) is 0 Å². The molecule has 1 atom stereocenters. The summed E-state index contributed by atoms with van der Waals surface area (Å²) in [5, 5.41) is 0. The van der Waals surface area contributed by atoms with Gasteiger partial charge in [0.1, 0.15) is 5.66 Å². The van der Waals surface area contributed by atoms with Crippen molar-refractivity contribution in [2.75, 3.05) is 6.54 Å². The van der Waals surface area contributed by atoms with Crippen molar-refractivity contribution < 1.29 is 9.59 Å². The second kappa shape index (κ2) is 4.57. The van der Waals surface area contributed by atoms with Gasteiger partial charge in [0.25, 0.3) is 0 Å². The van der Waals surface area contributed by atoms with Crippen LogP contribution in [-0.2, 0) is 9.59 Å². The van der Waals surface area contributed by atoms with Crippen LogP contribution in [-0.4, -0.2) is 35.0 Å². The maximum Gasteiger partial charge on any atom is 0.239 e. The number of nitrogens with zero attached hydrogens (tertiary/aromatic N) is 1. The third-order valence-corrected chi connectivity index (χ3v) is 4.94. The van der Waals surface area contributed by atoms with Crippen molar-refractivity contribution in [3.05, 3.63) is 35.9 Å². The van der Waals surface area contributed by atoms with Gasteiger partial charge >= 0.3 is 0 Å². The highest BCUT2D eigenvalue weighted by molar-refractivity contribution is 7.38. The van der Waals surface area contributed by atoms with E-state index in [1.54, 1.807) is 0 Å². The topological polar surface area (TPSA) is 37.4 Å². The Balaban J connectivity index is 1.87. The lowest BCUT2D eigenvalue weighted by molar-refractivity contribution is -0.133. The molecule has 0 radical (unpaired) electrons. The predicted octanol–water partition coefficient (Wildman–Crippen LogP) is 2.44. The van der Waals surface area contributed by atoms with E-state index >= 15 is 0 Å². The summed E-state index contributed by atoms with van der Waals surface area (Å²) in [6, 6.07) is 9.72. The minimum atomic E-state index is -0.246. The molecular weight excluding hydrogens is 257 g/mol. The number of ketones is 1. The third-order valence-electron chi connectivity index (χ3n) is 4.06. The summed E-state index contributed by atoms with van der Waals surface area (Å²) < 4.78 is 0. The molecule has 1 aromatic carbocycles. The van der Waals surface area contributed by atoms with Gasteiger partial charge in [-0.15, -0.1) is 0 Å². The van der Waals surface area contributed by atoms with Gasteiger partial charge < -0.3 is 4.90 Å². The highest BCUT2D eigenvalue weighted by Crippen LogP contribution is 2.50. The first-order valence-electron chi connectivity index (χ1n) is 6.50. The van der Waals surface area contributed by atoms with E-state index in [1.165, 1.54) is 0 Å². The summed E-state index contributed by atoms with van der Waals surface area (Å²) in [5.41, 5.74) is 0.607. The number of amides is 1. The number of carbonyl (C=O) groups is 2. The fraction of sp³-hybridized carbons (Fsp3) is 0.400. The number of carbonyl (C=O) groups excluding carboxylic acids is 2. The number of rotatable bonds is 3. The molecule has 0 N–H and O–H groups in total. The smallest absolute Gasteiger partial charge is 0.239 e. The SMILES string of the molecule is C=PC(C(=O)N1CC(=O)CC12CC2)c1ccccc1. The Morgan fingerprint density at radius 2 is 2.00 bits per heavy atom. The van der Waals surface area contributed by atoms with Gasteiger partial charge in [0.05, 0.1) is 12.1 Å². The van der Waals surface area contributed by atoms with Gasteiger partial charge in [-0.1, -0.05) is 44.8 Å². The van der Waals surface area contributed by atoms with Crippen LogP contribution >= 0.6 is 8.20 Å². The van der Waals surface area contributed by atoms with Gasteiger partial charge in [-0.25, -0.2) is 0 Å². The lowest BCUT2D eigenvalue weighted by Crippen LogP contribution is -2.39. The molecule has 1 saturated heterocycles. The molecule has 1 aliphatic heterocycles. The molecule has 2 aliphatic rings. The minimum absolute atomic E-state index is 0.0613. The average Bonchev–Trinajstić information content (AvgIpc) is 3.09. The van der Waals surface area contributed by atoms with Gasteiger partial charge in [0.2, 0.25) is 5.91 Å². The quantitative estimate of drug-likeness (QED) is 0.793. The van der Waals surface area contributed by atoms with Crippen molar-refractivity contribution in [1.29, 1.82) is 0 Å². The second-order valence-corrected chi connectivity index (χ2v) is 6.24. The molecule has 1 heterocycles. The summed E-state index contributed by atoms with van der Waals surface area (Å²) in [6.07, 6.45) is 6.38. The van der Waals surface area contributed by atoms with Crippen LogP contribution in [0.4, 0.5) is 0 Å². The maximum absolute atomic E-state index is 12.7. The number of hydrogen-bond donors (Lipinski definition) is 0. The molecule has 0 bridgehead atoms. The van der Waals surface area contributed by atoms with Crippen LogP contribution in [0.5, 0.6) is 0 Å². The van der Waals surface area contributed by atoms with Crippen molar-refractivity contribution in [2.24, 2.45) is 0 Å². The first-order valence-corrected chi connectivity index (χ1v) is 7.65. The molecule has 1 aliphatic carbocycles. The molecular formula is C15H16NO2P. The Hall–Kier alpha value is -1.47. The van der Waals surface area contributed by atoms with Gasteiger partial charge in [-0.3, -0.25) is 9.59 Å². The van der Waals surface area contributed by atoms with Crippen LogP contribution in [0, 0.1) is 0 Å². The van der Waals surface area contributed by atoms with Gasteiger partial charge in [0.15, 0.2) is 5.78 Å². The van der Waals surface area contributed by atoms with E-state index in [4.69, 9.17) is 0 Å². The van der Waals surface area contributed by atoms with E-state index in [-0.39, 0.29) is 29.4 Å². The zero-order chi connectivity index (χ0) is 13.5. The molecule has 1 spiro atoms. The van der Waals surface area contributed by atoms with Crippen molar-refractivity contribution in [1.82, 2.24) is 4.90 Å². The predicted molar refractivity (Wildman–Crippen MR) is 76.5 cm³/mol. The summed E-state index contributed by atoms with van der Waals surface area (Å²) in [4.78, 5) is 26.2. The fourth-order valence-electron chi connectivity index (χ4n) is 2.87. The Bertz CT molecular complexity index is 536. The normalized spacial score (nSPS) is 21.9. The van der Waals surface area contributed by atoms with Crippen molar-refractivity contribution in [3.63, 3.8) is 0 Å². The van der Waals surface area contributed by atoms with Gasteiger partial charge in [-0.2, -0.15) is 0 Å². The third kappa shape index (κ3) is 2.12. The Kier molecular flexibility index (Phi) is 3.02. The number of hydrogen-bond acceptors (Lipinski definition) is 2. The molecule has 1 unspecified atom stereocenters. The van der Waals surface area contributed by atoms with Gasteiger partial charge in [-0.05, 0) is 18.4 Å². The molecule has 1 aromatic rings. The van der Waals surface area contributed by atoms with Crippen LogP contribution in [0.25, 0.3) is 0 Å². The number of likely N-dealkylation sites (tertiary alicyclic amines) is 1. The van der Waals surface area contributed by atoms with Crippen LogP contribution < -0.4 is 0 Å². The Labute approximate surface area is 114 Å². The van der Waals surface area contributed by atoms with Crippen molar-refractivity contribution in [2.45, 2.75) is 30.5 Å². The maximum atomic E-state index is 12.7. The zero-order valence-electron chi connectivity index (χ0n) is 10.7. The second-order valence-electron chi connectivity index (χ2n) is 5.36. The van der Waals surface area contributed by atoms with Gasteiger partial charge in [0, 0.05) is 6.42 Å². The lowest BCUT2D eigenvalue weighted by atomic mass is 10.1. The molecule has 98 valence electrons. The van der Waals surface area contributed by atoms with E-state index in [0.29, 0.717) is 6.42 Å². The van der Waals surface area contributed by atoms with E-state index in [9.17, 15) is 9.59 Å². The summed E-state index contributed by atoms with van der Waals surface area (Å²) >= 11 is 0. The Morgan fingerprint density at radius 3 is 2.58 bits per heavy atom. The molecule has 1 amide bonds. The van der Waals surface area contributed by atoms with E-state index in [0.717, 1.165) is 26.6 Å². The highest BCUT2D eigenvalue weighted by atomic mass is 31.1. The van der Waals surface area contributed by atoms with Crippen LogP contribution in [0.15, 0.2) is 30.3 Å². The number of Topliss-reactive ketones (excluding diaryl/α,β-unsaturated/α-hetero) is 1. The molecule has 3 rings (SSSR count). The number of benzene rings is 1. The molecule has 2 fully saturated rings. The highest BCUT2D eigenvalue weighted by Gasteiger charge is 2.56. The standard InChI is InChI=1S/C15H16NO2P/c1-19-13(11-5-3-2-4-6-11)14(18)16-10-12(17)9-15(16)7-8-15/h2-6,13H,1,7-10H2. The monoisotopic (exact) mass is 273 g/mol. The molecule has 1 saturated carbocycles. The van der Waals surface area contributed by atoms with Crippen LogP contribution in [0.1, 0.15) is 30.5 Å². The van der Waals surface area contributed by atoms with E-state index < -0.39 is 0 Å². The molecule has 4 heteroatoms. The van der Waals surface area contributed by atoms with E-state index in [1.807, 2.05) is 35.2 Å². The molecule has 0 aromatic heterocycles. The average molecular weight is 273 g/mol. The van der Waals surface area contributed by atoms with Crippen molar-refractivity contribution in [3.8, 4) is 0 Å². The zero-order valence-corrected chi connectivity index (χ0v) is 11.6. The molecule has 19 heavy (non-hydrogen) atoms. The first-order chi connectivity index (χ1) is 9.16. The van der Waals surface area contributed by atoms with Crippen molar-refractivity contribution >= 4 is 26.2 Å². The summed E-state index contributed by atoms with van der Waals surface area (Å²) in [5.74, 6) is 0.254. The lowest BCUT2D eigenvalue weighted by Gasteiger charge is -2.26. The minimum Gasteiger partial charge on any atom is -0.328 e. The van der Waals surface area contributed by atoms with E-state index in [2.05, 4.69) is 6.30 Å².